The van der Waals surface area contributed by atoms with Crippen LogP contribution in [0.2, 0.25) is 0 Å². The first kappa shape index (κ1) is 20.6. The summed E-state index contributed by atoms with van der Waals surface area (Å²) in [6, 6.07) is 18.4. The Morgan fingerprint density at radius 2 is 1.94 bits per heavy atom. The topological polar surface area (TPSA) is 101 Å². The van der Waals surface area contributed by atoms with E-state index in [2.05, 4.69) is 26.5 Å². The zero-order valence-corrected chi connectivity index (χ0v) is 17.9. The minimum Gasteiger partial charge on any atom is -0.479 e. The summed E-state index contributed by atoms with van der Waals surface area (Å²) in [6.07, 6.45) is 0.488. The predicted octanol–water partition coefficient (Wildman–Crippen LogP) is 4.96. The molecule has 1 aromatic heterocycles. The molecule has 1 heterocycles. The van der Waals surface area contributed by atoms with Gasteiger partial charge in [-0.2, -0.15) is 5.10 Å². The zero-order valence-electron chi connectivity index (χ0n) is 16.3. The molecule has 0 aliphatic heterocycles. The Morgan fingerprint density at radius 1 is 1.13 bits per heavy atom. The van der Waals surface area contributed by atoms with Crippen LogP contribution < -0.4 is 10.2 Å². The molecule has 31 heavy (non-hydrogen) atoms. The molecule has 3 aromatic carbocycles. The molecule has 0 saturated heterocycles. The highest BCUT2D eigenvalue weighted by molar-refractivity contribution is 9.10. The van der Waals surface area contributed by atoms with Gasteiger partial charge in [-0.05, 0) is 69.5 Å². The van der Waals surface area contributed by atoms with Gasteiger partial charge in [0, 0.05) is 5.39 Å². The van der Waals surface area contributed by atoms with Gasteiger partial charge in [0.15, 0.2) is 11.9 Å². The van der Waals surface area contributed by atoms with Crippen LogP contribution in [0.3, 0.4) is 0 Å². The summed E-state index contributed by atoms with van der Waals surface area (Å²) in [4.78, 5) is 23.4. The Labute approximate surface area is 185 Å². The van der Waals surface area contributed by atoms with Crippen molar-refractivity contribution in [3.8, 4) is 5.75 Å². The zero-order chi connectivity index (χ0) is 22.0. The summed E-state index contributed by atoms with van der Waals surface area (Å²) in [5, 5.41) is 15.8. The molecule has 0 radical (unpaired) electrons. The third kappa shape index (κ3) is 4.44. The molecule has 7 nitrogen and oxygen atoms in total. The maximum Gasteiger partial charge on any atom is 0.344 e. The third-order valence-corrected chi connectivity index (χ3v) is 5.26. The summed E-state index contributed by atoms with van der Waals surface area (Å²) in [5.74, 6) is -0.966. The molecule has 0 bridgehead atoms. The van der Waals surface area contributed by atoms with Crippen molar-refractivity contribution in [1.29, 1.82) is 0 Å². The molecule has 1 amide bonds. The molecule has 4 aromatic rings. The van der Waals surface area contributed by atoms with E-state index in [-0.39, 0.29) is 5.76 Å². The number of nitrogens with zero attached hydrogens (tertiary/aromatic N) is 1. The molecule has 8 heteroatoms. The van der Waals surface area contributed by atoms with Crippen molar-refractivity contribution < 1.29 is 23.8 Å². The molecule has 2 N–H and O–H groups in total. The summed E-state index contributed by atoms with van der Waals surface area (Å²) >= 11 is 3.34. The maximum atomic E-state index is 12.4. The molecular weight excluding hydrogens is 464 g/mol. The summed E-state index contributed by atoms with van der Waals surface area (Å²) < 4.78 is 11.6. The van der Waals surface area contributed by atoms with Crippen LogP contribution in [-0.2, 0) is 4.79 Å². The van der Waals surface area contributed by atoms with Gasteiger partial charge in [0.05, 0.1) is 10.7 Å². The number of fused-ring (bicyclic) bond motifs is 3. The molecule has 0 saturated carbocycles. The van der Waals surface area contributed by atoms with E-state index in [1.807, 2.05) is 36.4 Å². The number of benzene rings is 3. The quantitative estimate of drug-likeness (QED) is 0.299. The highest BCUT2D eigenvalue weighted by Crippen LogP contribution is 2.28. The van der Waals surface area contributed by atoms with Crippen LogP contribution in [0.15, 0.2) is 74.7 Å². The number of rotatable bonds is 6. The van der Waals surface area contributed by atoms with Crippen LogP contribution in [-0.4, -0.2) is 29.3 Å². The third-order valence-electron chi connectivity index (χ3n) is 4.64. The summed E-state index contributed by atoms with van der Waals surface area (Å²) in [7, 11) is 0. The fraction of sp³-hybridized carbons (Fsp3) is 0.0870. The molecule has 4 rings (SSSR count). The van der Waals surface area contributed by atoms with E-state index in [1.54, 1.807) is 24.3 Å². The Morgan fingerprint density at radius 3 is 2.71 bits per heavy atom. The average Bonchev–Trinajstić information content (AvgIpc) is 3.20. The normalized spacial score (nSPS) is 12.3. The van der Waals surface area contributed by atoms with Gasteiger partial charge in [0.25, 0.3) is 0 Å². The van der Waals surface area contributed by atoms with Crippen LogP contribution in [0.1, 0.15) is 23.0 Å². The van der Waals surface area contributed by atoms with Crippen LogP contribution >= 0.6 is 15.9 Å². The maximum absolute atomic E-state index is 12.4. The second-order valence-corrected chi connectivity index (χ2v) is 7.65. The molecule has 1 unspecified atom stereocenters. The first-order valence-corrected chi connectivity index (χ1v) is 10.2. The summed E-state index contributed by atoms with van der Waals surface area (Å²) in [5.41, 5.74) is 3.76. The Hall–Kier alpha value is -3.65. The van der Waals surface area contributed by atoms with Crippen LogP contribution in [0.5, 0.6) is 5.75 Å². The van der Waals surface area contributed by atoms with Crippen molar-refractivity contribution in [2.24, 2.45) is 5.10 Å². The lowest BCUT2D eigenvalue weighted by molar-refractivity contribution is -0.144. The number of nitrogens with one attached hydrogen (secondary N) is 1. The van der Waals surface area contributed by atoms with E-state index in [4.69, 9.17) is 14.3 Å². The fourth-order valence-corrected chi connectivity index (χ4v) is 3.55. The van der Waals surface area contributed by atoms with Crippen LogP contribution in [0.25, 0.3) is 21.7 Å². The predicted molar refractivity (Wildman–Crippen MR) is 121 cm³/mol. The smallest absolute Gasteiger partial charge is 0.344 e. The van der Waals surface area contributed by atoms with Crippen molar-refractivity contribution in [3.63, 3.8) is 0 Å². The van der Waals surface area contributed by atoms with Gasteiger partial charge in [-0.1, -0.05) is 30.3 Å². The lowest BCUT2D eigenvalue weighted by Crippen LogP contribution is -2.23. The first-order valence-electron chi connectivity index (χ1n) is 9.36. The number of furan rings is 1. The minimum absolute atomic E-state index is 0.163. The minimum atomic E-state index is -1.06. The number of hydrazone groups is 1. The largest absolute Gasteiger partial charge is 0.479 e. The van der Waals surface area contributed by atoms with Crippen molar-refractivity contribution in [2.45, 2.75) is 13.0 Å². The van der Waals surface area contributed by atoms with Crippen LogP contribution in [0.4, 0.5) is 0 Å². The van der Waals surface area contributed by atoms with Crippen molar-refractivity contribution >= 4 is 55.8 Å². The van der Waals surface area contributed by atoms with Crippen molar-refractivity contribution in [2.75, 3.05) is 0 Å². The number of hydrogen-bond acceptors (Lipinski definition) is 5. The number of carbonyl (C=O) groups excluding carboxylic acids is 1. The van der Waals surface area contributed by atoms with Gasteiger partial charge in [-0.15, -0.1) is 0 Å². The molecule has 0 aliphatic carbocycles. The van der Waals surface area contributed by atoms with Gasteiger partial charge in [0.2, 0.25) is 0 Å². The number of carboxylic acid groups (broad SMARTS) is 1. The molecule has 1 atom stereocenters. The number of halogens is 1. The summed E-state index contributed by atoms with van der Waals surface area (Å²) in [6.45, 7) is 1.44. The molecule has 0 spiro atoms. The molecule has 0 aliphatic rings. The van der Waals surface area contributed by atoms with E-state index in [1.165, 1.54) is 13.1 Å². The number of ether oxygens (including phenoxy) is 1. The van der Waals surface area contributed by atoms with E-state index in [0.717, 1.165) is 16.2 Å². The Kier molecular flexibility index (Phi) is 5.73. The number of hydrogen-bond donors (Lipinski definition) is 2. The lowest BCUT2D eigenvalue weighted by atomic mass is 10.1. The second-order valence-electron chi connectivity index (χ2n) is 6.80. The highest BCUT2D eigenvalue weighted by atomic mass is 79.9. The van der Waals surface area contributed by atoms with Crippen molar-refractivity contribution in [1.82, 2.24) is 5.43 Å². The standard InChI is InChI=1S/C23H17BrN2O5/c1-13(23(28)29)30-20-8-6-14(10-18(20)24)12-25-26-22(27)21-11-17-16-5-3-2-4-15(16)7-9-19(17)31-21/h2-13H,1H3,(H,26,27)(H,28,29). The van der Waals surface area contributed by atoms with E-state index >= 15 is 0 Å². The van der Waals surface area contributed by atoms with E-state index < -0.39 is 18.0 Å². The number of amides is 1. The van der Waals surface area contributed by atoms with Crippen molar-refractivity contribution in [3.05, 3.63) is 76.5 Å². The Bertz CT molecular complexity index is 1330. The fourth-order valence-electron chi connectivity index (χ4n) is 3.06. The monoisotopic (exact) mass is 480 g/mol. The van der Waals surface area contributed by atoms with Gasteiger partial charge in [0.1, 0.15) is 11.3 Å². The number of carbonyl (C=O) groups is 2. The van der Waals surface area contributed by atoms with Gasteiger partial charge in [-0.3, -0.25) is 4.79 Å². The van der Waals surface area contributed by atoms with E-state index in [9.17, 15) is 9.59 Å². The van der Waals surface area contributed by atoms with Gasteiger partial charge in [-0.25, -0.2) is 10.2 Å². The SMILES string of the molecule is CC(Oc1ccc(C=NNC(=O)c2cc3c(ccc4ccccc43)o2)cc1Br)C(=O)O. The number of aliphatic carboxylic acids is 1. The van der Waals surface area contributed by atoms with Gasteiger partial charge < -0.3 is 14.3 Å². The number of carboxylic acids is 1. The second kappa shape index (κ2) is 8.61. The molecule has 0 fully saturated rings. The lowest BCUT2D eigenvalue weighted by Gasteiger charge is -2.12. The Balaban J connectivity index is 1.46. The van der Waals surface area contributed by atoms with Crippen LogP contribution in [0, 0.1) is 0 Å². The average molecular weight is 481 g/mol. The van der Waals surface area contributed by atoms with E-state index in [0.29, 0.717) is 21.4 Å². The first-order chi connectivity index (χ1) is 14.9. The van der Waals surface area contributed by atoms with Gasteiger partial charge >= 0.3 is 11.9 Å². The molecule has 156 valence electrons. The molecular formula is C23H17BrN2O5. The highest BCUT2D eigenvalue weighted by Gasteiger charge is 2.15.